The molecule has 122 valence electrons. The van der Waals surface area contributed by atoms with Crippen LogP contribution in [0.2, 0.25) is 0 Å². The zero-order valence-electron chi connectivity index (χ0n) is 12.4. The maximum Gasteiger partial charge on any atom is 0.242 e. The summed E-state index contributed by atoms with van der Waals surface area (Å²) in [6.45, 7) is 0. The molecule has 0 bridgehead atoms. The molecule has 1 heterocycles. The van der Waals surface area contributed by atoms with Gasteiger partial charge in [-0.15, -0.1) is 11.6 Å². The maximum absolute atomic E-state index is 12.3. The molecule has 0 spiro atoms. The third-order valence-corrected chi connectivity index (χ3v) is 5.58. The number of benzene rings is 1. The smallest absolute Gasteiger partial charge is 0.242 e. The van der Waals surface area contributed by atoms with Crippen LogP contribution in [0.5, 0.6) is 11.5 Å². The minimum Gasteiger partial charge on any atom is -0.497 e. The van der Waals surface area contributed by atoms with Crippen LogP contribution in [0.25, 0.3) is 0 Å². The molecule has 1 saturated heterocycles. The van der Waals surface area contributed by atoms with Gasteiger partial charge in [0.25, 0.3) is 0 Å². The number of methoxy groups -OCH3 is 2. The van der Waals surface area contributed by atoms with Crippen molar-refractivity contribution in [3.63, 3.8) is 0 Å². The lowest BCUT2D eigenvalue weighted by molar-refractivity contribution is -0.116. The zero-order valence-corrected chi connectivity index (χ0v) is 14.0. The van der Waals surface area contributed by atoms with Crippen molar-refractivity contribution in [3.8, 4) is 11.5 Å². The van der Waals surface area contributed by atoms with Gasteiger partial charge >= 0.3 is 0 Å². The Balaban J connectivity index is 2.48. The number of hydrogen-bond donors (Lipinski definition) is 0. The molecule has 1 aliphatic heterocycles. The maximum atomic E-state index is 12.3. The van der Waals surface area contributed by atoms with Crippen LogP contribution in [0, 0.1) is 0 Å². The highest BCUT2D eigenvalue weighted by molar-refractivity contribution is 7.91. The molecule has 22 heavy (non-hydrogen) atoms. The number of halogens is 1. The van der Waals surface area contributed by atoms with Crippen molar-refractivity contribution in [2.75, 3.05) is 36.5 Å². The molecule has 0 aromatic heterocycles. The molecule has 1 aromatic rings. The van der Waals surface area contributed by atoms with E-state index in [1.807, 2.05) is 0 Å². The lowest BCUT2D eigenvalue weighted by Crippen LogP contribution is -2.42. The number of anilines is 1. The van der Waals surface area contributed by atoms with Gasteiger partial charge in [0.1, 0.15) is 17.4 Å². The second-order valence-corrected chi connectivity index (χ2v) is 7.49. The molecule has 1 fully saturated rings. The van der Waals surface area contributed by atoms with E-state index in [1.54, 1.807) is 18.2 Å². The van der Waals surface area contributed by atoms with Crippen LogP contribution in [-0.2, 0) is 14.6 Å². The average molecular weight is 348 g/mol. The summed E-state index contributed by atoms with van der Waals surface area (Å²) in [6, 6.07) is 4.58. The van der Waals surface area contributed by atoms with Crippen molar-refractivity contribution >= 4 is 33.0 Å². The molecular weight excluding hydrogens is 330 g/mol. The van der Waals surface area contributed by atoms with Gasteiger partial charge in [-0.05, 0) is 18.6 Å². The van der Waals surface area contributed by atoms with Gasteiger partial charge < -0.3 is 14.4 Å². The topological polar surface area (TPSA) is 72.9 Å². The molecule has 1 atom stereocenters. The summed E-state index contributed by atoms with van der Waals surface area (Å²) in [5.74, 6) is 0.394. The van der Waals surface area contributed by atoms with Gasteiger partial charge in [-0.1, -0.05) is 0 Å². The predicted molar refractivity (Wildman–Crippen MR) is 84.8 cm³/mol. The Kier molecular flexibility index (Phi) is 5.18. The summed E-state index contributed by atoms with van der Waals surface area (Å²) in [5.41, 5.74) is 0.467. The Labute approximate surface area is 134 Å². The largest absolute Gasteiger partial charge is 0.497 e. The van der Waals surface area contributed by atoms with Crippen LogP contribution in [-0.4, -0.2) is 52.0 Å². The van der Waals surface area contributed by atoms with E-state index in [2.05, 4.69) is 0 Å². The summed E-state index contributed by atoms with van der Waals surface area (Å²) in [7, 11) is -0.135. The van der Waals surface area contributed by atoms with E-state index in [9.17, 15) is 13.2 Å². The standard InChI is InChI=1S/C14H18ClNO5S/c1-20-11-3-4-13(21-2)12(7-11)16(14(17)8-15)10-5-6-22(18,19)9-10/h3-4,7,10H,5-6,8-9H2,1-2H3/t10-/m1/s1. The summed E-state index contributed by atoms with van der Waals surface area (Å²) < 4.78 is 33.9. The quantitative estimate of drug-likeness (QED) is 0.754. The number of alkyl halides is 1. The van der Waals surface area contributed by atoms with Crippen molar-refractivity contribution in [1.82, 2.24) is 0 Å². The molecule has 1 amide bonds. The van der Waals surface area contributed by atoms with Crippen LogP contribution in [0.3, 0.4) is 0 Å². The molecule has 1 aliphatic rings. The molecule has 0 unspecified atom stereocenters. The van der Waals surface area contributed by atoms with E-state index >= 15 is 0 Å². The minimum atomic E-state index is -3.13. The molecule has 8 heteroatoms. The number of amides is 1. The van der Waals surface area contributed by atoms with Gasteiger partial charge in [0.2, 0.25) is 5.91 Å². The number of carbonyl (C=O) groups is 1. The zero-order chi connectivity index (χ0) is 16.3. The Bertz CT molecular complexity index is 661. The third-order valence-electron chi connectivity index (χ3n) is 3.60. The number of nitrogens with zero attached hydrogens (tertiary/aromatic N) is 1. The highest BCUT2D eigenvalue weighted by Gasteiger charge is 2.36. The minimum absolute atomic E-state index is 0.0655. The van der Waals surface area contributed by atoms with E-state index < -0.39 is 15.9 Å². The number of rotatable bonds is 5. The molecule has 6 nitrogen and oxygen atoms in total. The number of ether oxygens (including phenoxy) is 2. The van der Waals surface area contributed by atoms with Crippen LogP contribution < -0.4 is 14.4 Å². The predicted octanol–water partition coefficient (Wildman–Crippen LogP) is 1.46. The fourth-order valence-corrected chi connectivity index (χ4v) is 4.39. The molecule has 2 rings (SSSR count). The van der Waals surface area contributed by atoms with Gasteiger partial charge in [0.05, 0.1) is 37.5 Å². The van der Waals surface area contributed by atoms with E-state index in [0.29, 0.717) is 23.6 Å². The van der Waals surface area contributed by atoms with Gasteiger partial charge in [-0.25, -0.2) is 8.42 Å². The number of hydrogen-bond acceptors (Lipinski definition) is 5. The van der Waals surface area contributed by atoms with Gasteiger partial charge in [0.15, 0.2) is 9.84 Å². The molecule has 0 saturated carbocycles. The lowest BCUT2D eigenvalue weighted by Gasteiger charge is -2.29. The van der Waals surface area contributed by atoms with E-state index in [1.165, 1.54) is 19.1 Å². The summed E-state index contributed by atoms with van der Waals surface area (Å²) in [6.07, 6.45) is 0.380. The first-order valence-electron chi connectivity index (χ1n) is 6.72. The van der Waals surface area contributed by atoms with Crippen molar-refractivity contribution in [3.05, 3.63) is 18.2 Å². The fraction of sp³-hybridized carbons (Fsp3) is 0.500. The van der Waals surface area contributed by atoms with Gasteiger partial charge in [-0.2, -0.15) is 0 Å². The molecule has 1 aromatic carbocycles. The van der Waals surface area contributed by atoms with Crippen molar-refractivity contribution in [2.24, 2.45) is 0 Å². The van der Waals surface area contributed by atoms with Crippen molar-refractivity contribution in [2.45, 2.75) is 12.5 Å². The molecule has 0 radical (unpaired) electrons. The van der Waals surface area contributed by atoms with E-state index in [-0.39, 0.29) is 23.3 Å². The van der Waals surface area contributed by atoms with Crippen molar-refractivity contribution in [1.29, 1.82) is 0 Å². The first kappa shape index (κ1) is 16.9. The van der Waals surface area contributed by atoms with Gasteiger partial charge in [-0.3, -0.25) is 4.79 Å². The average Bonchev–Trinajstić information content (AvgIpc) is 2.86. The first-order chi connectivity index (χ1) is 10.4. The number of sulfone groups is 1. The second-order valence-electron chi connectivity index (χ2n) is 4.99. The molecule has 0 aliphatic carbocycles. The number of carbonyl (C=O) groups excluding carboxylic acids is 1. The molecule has 0 N–H and O–H groups in total. The molecular formula is C14H18ClNO5S. The lowest BCUT2D eigenvalue weighted by atomic mass is 10.1. The van der Waals surface area contributed by atoms with Gasteiger partial charge in [0, 0.05) is 6.07 Å². The summed E-state index contributed by atoms with van der Waals surface area (Å²) in [5, 5.41) is 0. The van der Waals surface area contributed by atoms with Crippen LogP contribution in [0.1, 0.15) is 6.42 Å². The Morgan fingerprint density at radius 2 is 2.09 bits per heavy atom. The first-order valence-corrected chi connectivity index (χ1v) is 9.08. The summed E-state index contributed by atoms with van der Waals surface area (Å²) in [4.78, 5) is 13.7. The summed E-state index contributed by atoms with van der Waals surface area (Å²) >= 11 is 5.70. The Morgan fingerprint density at radius 1 is 1.36 bits per heavy atom. The Hall–Kier alpha value is -1.47. The second kappa shape index (κ2) is 6.75. The van der Waals surface area contributed by atoms with Crippen LogP contribution in [0.15, 0.2) is 18.2 Å². The van der Waals surface area contributed by atoms with Crippen LogP contribution in [0.4, 0.5) is 5.69 Å². The van der Waals surface area contributed by atoms with Crippen molar-refractivity contribution < 1.29 is 22.7 Å². The van der Waals surface area contributed by atoms with Crippen LogP contribution >= 0.6 is 11.6 Å². The fourth-order valence-electron chi connectivity index (χ4n) is 2.56. The monoisotopic (exact) mass is 347 g/mol. The SMILES string of the molecule is COc1ccc(OC)c(N(C(=O)CCl)[C@@H]2CCS(=O)(=O)C2)c1. The third kappa shape index (κ3) is 3.47. The normalized spacial score (nSPS) is 19.7. The van der Waals surface area contributed by atoms with E-state index in [0.717, 1.165) is 0 Å². The van der Waals surface area contributed by atoms with E-state index in [4.69, 9.17) is 21.1 Å². The highest BCUT2D eigenvalue weighted by atomic mass is 35.5. The Morgan fingerprint density at radius 3 is 2.59 bits per heavy atom. The highest BCUT2D eigenvalue weighted by Crippen LogP contribution is 2.35.